The van der Waals surface area contributed by atoms with E-state index in [2.05, 4.69) is 86.0 Å². The summed E-state index contributed by atoms with van der Waals surface area (Å²) in [6.45, 7) is 13.5. The molecule has 4 aliphatic rings. The Hall–Kier alpha value is -5.26. The fourth-order valence-electron chi connectivity index (χ4n) is 9.90. The summed E-state index contributed by atoms with van der Waals surface area (Å²) in [5.41, 5.74) is 1.73. The summed E-state index contributed by atoms with van der Waals surface area (Å²) in [5, 5.41) is 16.1. The topological polar surface area (TPSA) is 162 Å². The van der Waals surface area contributed by atoms with Crippen LogP contribution in [0.4, 0.5) is 16.4 Å². The highest BCUT2D eigenvalue weighted by Gasteiger charge is 2.64. The van der Waals surface area contributed by atoms with Crippen LogP contribution in [0.2, 0.25) is 5.02 Å². The monoisotopic (exact) mass is 792 g/mol. The zero-order valence-electron chi connectivity index (χ0n) is 32.9. The van der Waals surface area contributed by atoms with Gasteiger partial charge in [-0.05, 0) is 49.8 Å². The number of carbonyl (C=O) groups is 3. The highest BCUT2D eigenvalue weighted by Crippen LogP contribution is 2.55. The summed E-state index contributed by atoms with van der Waals surface area (Å²) >= 11 is 6.19. The van der Waals surface area contributed by atoms with Crippen LogP contribution in [0.3, 0.4) is 0 Å². The van der Waals surface area contributed by atoms with E-state index in [1.54, 1.807) is 23.4 Å². The standard InChI is InChI=1S/C42H49ClN10O4/c1-41(2)37(42(3,4)38(41)57-29-20-31(43)32(21-44)45-24-29)49-36(55)27-22-46-39(47-23-27)51-16-8-26(9-17-51)25-50-14-10-28(11-15-50)52-18-12-30-33(52)6-5-7-34(30)53-19-13-35(54)48-40(53)56/h5-7,12,18,20,22-24,26,28,37-38H,8-11,13-17,19,25H2,1-4H3,(H,49,55)(H,48,54,56). The molecule has 0 unspecified atom stereocenters. The second-order valence-electron chi connectivity index (χ2n) is 17.1. The van der Waals surface area contributed by atoms with Crippen molar-refractivity contribution in [1.82, 2.24) is 35.1 Å². The smallest absolute Gasteiger partial charge is 0.328 e. The van der Waals surface area contributed by atoms with Crippen LogP contribution in [-0.4, -0.2) is 93.7 Å². The number of hydrogen-bond acceptors (Lipinski definition) is 10. The van der Waals surface area contributed by atoms with Crippen LogP contribution in [0.5, 0.6) is 5.75 Å². The molecule has 3 aromatic heterocycles. The maximum Gasteiger partial charge on any atom is 0.328 e. The zero-order chi connectivity index (χ0) is 40.1. The number of imide groups is 1. The third-order valence-electron chi connectivity index (χ3n) is 12.6. The molecular weight excluding hydrogens is 744 g/mol. The number of amides is 4. The first kappa shape index (κ1) is 38.6. The Morgan fingerprint density at radius 1 is 0.982 bits per heavy atom. The van der Waals surface area contributed by atoms with Crippen molar-refractivity contribution < 1.29 is 19.1 Å². The number of pyridine rings is 1. The minimum atomic E-state index is -0.401. The Balaban J connectivity index is 0.800. The fourth-order valence-corrected chi connectivity index (χ4v) is 10.1. The van der Waals surface area contributed by atoms with Crippen molar-refractivity contribution in [3.05, 3.63) is 71.4 Å². The number of nitriles is 1. The first-order chi connectivity index (χ1) is 27.3. The molecule has 4 fully saturated rings. The van der Waals surface area contributed by atoms with Gasteiger partial charge in [0.2, 0.25) is 11.9 Å². The van der Waals surface area contributed by atoms with Gasteiger partial charge in [0.25, 0.3) is 5.91 Å². The van der Waals surface area contributed by atoms with Gasteiger partial charge in [-0.3, -0.25) is 19.8 Å². The van der Waals surface area contributed by atoms with Gasteiger partial charge < -0.3 is 24.4 Å². The van der Waals surface area contributed by atoms with E-state index in [-0.39, 0.29) is 40.7 Å². The number of likely N-dealkylation sites (tertiary alicyclic amines) is 1. The molecule has 1 saturated carbocycles. The van der Waals surface area contributed by atoms with E-state index < -0.39 is 10.8 Å². The van der Waals surface area contributed by atoms with Gasteiger partial charge in [0.05, 0.1) is 28.0 Å². The molecule has 1 aromatic carbocycles. The van der Waals surface area contributed by atoms with Gasteiger partial charge in [-0.25, -0.2) is 19.7 Å². The van der Waals surface area contributed by atoms with Crippen LogP contribution >= 0.6 is 11.6 Å². The Morgan fingerprint density at radius 3 is 2.37 bits per heavy atom. The van der Waals surface area contributed by atoms with E-state index in [9.17, 15) is 14.4 Å². The van der Waals surface area contributed by atoms with E-state index >= 15 is 0 Å². The molecule has 14 nitrogen and oxygen atoms in total. The van der Waals surface area contributed by atoms with Crippen LogP contribution in [-0.2, 0) is 4.79 Å². The number of nitrogens with one attached hydrogen (secondary N) is 2. The lowest BCUT2D eigenvalue weighted by Crippen LogP contribution is -2.74. The zero-order valence-corrected chi connectivity index (χ0v) is 33.6. The summed E-state index contributed by atoms with van der Waals surface area (Å²) in [6, 6.07) is 11.6. The normalized spacial score (nSPS) is 22.8. The Morgan fingerprint density at radius 2 is 1.70 bits per heavy atom. The summed E-state index contributed by atoms with van der Waals surface area (Å²) in [6.07, 6.45) is 11.2. The molecule has 1 aliphatic carbocycles. The van der Waals surface area contributed by atoms with Gasteiger partial charge in [-0.15, -0.1) is 0 Å². The lowest BCUT2D eigenvalue weighted by molar-refractivity contribution is -0.164. The van der Waals surface area contributed by atoms with Crippen molar-refractivity contribution >= 4 is 52.0 Å². The molecule has 6 heterocycles. The lowest BCUT2D eigenvalue weighted by Gasteiger charge is -2.63. The number of piperidine rings is 2. The number of carbonyl (C=O) groups excluding carboxylic acids is 3. The molecule has 0 spiro atoms. The van der Waals surface area contributed by atoms with Crippen molar-refractivity contribution in [3.8, 4) is 11.8 Å². The maximum absolute atomic E-state index is 13.4. The molecule has 3 aliphatic heterocycles. The van der Waals surface area contributed by atoms with Gasteiger partial charge in [0.1, 0.15) is 17.9 Å². The Bertz CT molecular complexity index is 2200. The number of hydrogen-bond donors (Lipinski definition) is 2. The maximum atomic E-state index is 13.4. The predicted molar refractivity (Wildman–Crippen MR) is 216 cm³/mol. The number of aromatic nitrogens is 4. The predicted octanol–water partition coefficient (Wildman–Crippen LogP) is 5.96. The molecule has 4 amide bonds. The molecule has 3 saturated heterocycles. The van der Waals surface area contributed by atoms with Crippen molar-refractivity contribution in [3.63, 3.8) is 0 Å². The van der Waals surface area contributed by atoms with E-state index in [0.717, 1.165) is 75.0 Å². The van der Waals surface area contributed by atoms with Crippen molar-refractivity contribution in [2.75, 3.05) is 49.1 Å². The van der Waals surface area contributed by atoms with Crippen molar-refractivity contribution in [2.24, 2.45) is 16.7 Å². The van der Waals surface area contributed by atoms with Crippen molar-refractivity contribution in [1.29, 1.82) is 5.26 Å². The van der Waals surface area contributed by atoms with E-state index in [1.807, 2.05) is 18.2 Å². The lowest BCUT2D eigenvalue weighted by atomic mass is 9.49. The SMILES string of the molecule is CC1(C)C(NC(=O)c2cnc(N3CCC(CN4CCC(n5ccc6c(N7CCC(=O)NC7=O)cccc65)CC4)CC3)nc2)C(C)(C)C1Oc1cnc(C#N)c(Cl)c1. The number of anilines is 2. The number of nitrogens with zero attached hydrogens (tertiary/aromatic N) is 8. The molecule has 2 N–H and O–H groups in total. The highest BCUT2D eigenvalue weighted by atomic mass is 35.5. The summed E-state index contributed by atoms with van der Waals surface area (Å²) in [7, 11) is 0. The third-order valence-corrected chi connectivity index (χ3v) is 12.9. The number of benzene rings is 1. The number of rotatable bonds is 9. The van der Waals surface area contributed by atoms with Crippen LogP contribution in [0.1, 0.15) is 81.9 Å². The summed E-state index contributed by atoms with van der Waals surface area (Å²) in [5.74, 6) is 1.28. The van der Waals surface area contributed by atoms with Gasteiger partial charge in [0, 0.05) is 98.6 Å². The molecule has 298 valence electrons. The number of urea groups is 1. The minimum absolute atomic E-state index is 0.149. The molecule has 0 bridgehead atoms. The Kier molecular flexibility index (Phi) is 10.3. The average molecular weight is 793 g/mol. The molecule has 15 heteroatoms. The van der Waals surface area contributed by atoms with Gasteiger partial charge >= 0.3 is 6.03 Å². The molecule has 0 atom stereocenters. The first-order valence-corrected chi connectivity index (χ1v) is 20.2. The van der Waals surface area contributed by atoms with E-state index in [1.165, 1.54) is 6.20 Å². The van der Waals surface area contributed by atoms with Gasteiger partial charge in [0.15, 0.2) is 5.69 Å². The first-order valence-electron chi connectivity index (χ1n) is 19.9. The molecular formula is C42H49ClN10O4. The Labute approximate surface area is 337 Å². The van der Waals surface area contributed by atoms with E-state index in [0.29, 0.717) is 42.2 Å². The average Bonchev–Trinajstić information content (AvgIpc) is 3.64. The molecule has 57 heavy (non-hydrogen) atoms. The number of fused-ring (bicyclic) bond motifs is 1. The second-order valence-corrected chi connectivity index (χ2v) is 17.5. The van der Waals surface area contributed by atoms with E-state index in [4.69, 9.17) is 21.6 Å². The largest absolute Gasteiger partial charge is 0.487 e. The van der Waals surface area contributed by atoms with Crippen LogP contribution in [0.25, 0.3) is 10.9 Å². The van der Waals surface area contributed by atoms with Crippen LogP contribution < -0.4 is 25.2 Å². The van der Waals surface area contributed by atoms with Crippen LogP contribution in [0, 0.1) is 28.1 Å². The summed E-state index contributed by atoms with van der Waals surface area (Å²) in [4.78, 5) is 57.5. The quantitative estimate of drug-likeness (QED) is 0.207. The molecule has 0 radical (unpaired) electrons. The highest BCUT2D eigenvalue weighted by molar-refractivity contribution is 6.31. The minimum Gasteiger partial charge on any atom is -0.487 e. The van der Waals surface area contributed by atoms with Crippen molar-refractivity contribution in [2.45, 2.75) is 78.0 Å². The fraction of sp³-hybridized carbons (Fsp3) is 0.500. The van der Waals surface area contributed by atoms with Crippen LogP contribution in [0.15, 0.2) is 55.1 Å². The van der Waals surface area contributed by atoms with Gasteiger partial charge in [-0.1, -0.05) is 45.4 Å². The molecule has 8 rings (SSSR count). The second kappa shape index (κ2) is 15.2. The van der Waals surface area contributed by atoms with Gasteiger partial charge in [-0.2, -0.15) is 5.26 Å². The summed E-state index contributed by atoms with van der Waals surface area (Å²) < 4.78 is 8.67. The molecule has 4 aromatic rings. The number of ether oxygens (including phenoxy) is 1. The number of halogens is 1. The third kappa shape index (κ3) is 7.39.